The molecule has 3 rings (SSSR count). The average molecular weight is 341 g/mol. The van der Waals surface area contributed by atoms with E-state index in [0.29, 0.717) is 24.9 Å². The molecule has 0 bridgehead atoms. The predicted molar refractivity (Wildman–Crippen MR) is 95.1 cm³/mol. The Bertz CT molecular complexity index is 730. The van der Waals surface area contributed by atoms with Crippen molar-refractivity contribution in [1.29, 1.82) is 0 Å². The summed E-state index contributed by atoms with van der Waals surface area (Å²) in [7, 11) is 0. The minimum absolute atomic E-state index is 0.0959. The highest BCUT2D eigenvalue weighted by Gasteiger charge is 2.30. The van der Waals surface area contributed by atoms with Crippen LogP contribution in [0.1, 0.15) is 27.2 Å². The maximum atomic E-state index is 12.1. The van der Waals surface area contributed by atoms with Crippen LogP contribution in [0.25, 0.3) is 11.4 Å². The minimum atomic E-state index is -0.485. The molecule has 0 aliphatic carbocycles. The summed E-state index contributed by atoms with van der Waals surface area (Å²) in [6.07, 6.45) is 2.04. The molecule has 132 valence electrons. The maximum absolute atomic E-state index is 12.1. The van der Waals surface area contributed by atoms with Gasteiger partial charge in [0.2, 0.25) is 5.95 Å². The van der Waals surface area contributed by atoms with Crippen LogP contribution in [-0.4, -0.2) is 50.7 Å². The summed E-state index contributed by atoms with van der Waals surface area (Å²) in [6.45, 7) is 6.83. The first-order valence-corrected chi connectivity index (χ1v) is 8.40. The van der Waals surface area contributed by atoms with Gasteiger partial charge in [0.1, 0.15) is 11.9 Å². The molecule has 0 spiro atoms. The lowest BCUT2D eigenvalue weighted by Gasteiger charge is -2.24. The normalized spacial score (nSPS) is 17.4. The summed E-state index contributed by atoms with van der Waals surface area (Å²) in [5, 5.41) is 3.29. The smallest absolute Gasteiger partial charge is 0.410 e. The second kappa shape index (κ2) is 7.04. The van der Waals surface area contributed by atoms with E-state index in [1.54, 1.807) is 4.90 Å². The molecule has 1 aliphatic rings. The van der Waals surface area contributed by atoms with Crippen molar-refractivity contribution < 1.29 is 9.53 Å². The van der Waals surface area contributed by atoms with Crippen molar-refractivity contribution in [3.63, 3.8) is 0 Å². The second-order valence-electron chi connectivity index (χ2n) is 7.06. The molecule has 1 fully saturated rings. The van der Waals surface area contributed by atoms with Gasteiger partial charge in [0, 0.05) is 24.7 Å². The zero-order valence-corrected chi connectivity index (χ0v) is 14.8. The van der Waals surface area contributed by atoms with Crippen molar-refractivity contribution in [2.24, 2.45) is 0 Å². The molecular weight excluding hydrogens is 318 g/mol. The highest BCUT2D eigenvalue weighted by molar-refractivity contribution is 5.68. The van der Waals surface area contributed by atoms with Crippen molar-refractivity contribution in [1.82, 2.24) is 19.9 Å². The average Bonchev–Trinajstić information content (AvgIpc) is 3.03. The molecule has 0 radical (unpaired) electrons. The molecule has 1 aliphatic heterocycles. The Morgan fingerprint density at radius 3 is 2.72 bits per heavy atom. The van der Waals surface area contributed by atoms with Gasteiger partial charge in [-0.05, 0) is 27.2 Å². The number of rotatable bonds is 3. The van der Waals surface area contributed by atoms with Crippen molar-refractivity contribution in [2.75, 3.05) is 18.4 Å². The van der Waals surface area contributed by atoms with Gasteiger partial charge in [0.15, 0.2) is 5.82 Å². The van der Waals surface area contributed by atoms with Gasteiger partial charge < -0.3 is 15.0 Å². The number of anilines is 1. The Kier molecular flexibility index (Phi) is 4.83. The van der Waals surface area contributed by atoms with Gasteiger partial charge in [-0.15, -0.1) is 0 Å². The fourth-order valence-corrected chi connectivity index (χ4v) is 2.65. The quantitative estimate of drug-likeness (QED) is 0.924. The molecule has 0 saturated carbocycles. The van der Waals surface area contributed by atoms with E-state index in [4.69, 9.17) is 4.74 Å². The highest BCUT2D eigenvalue weighted by Crippen LogP contribution is 2.19. The Balaban J connectivity index is 1.61. The number of nitrogens with zero attached hydrogens (tertiary/aromatic N) is 4. The SMILES string of the molecule is CC(C)(C)OC(=O)N1CCC(Nc2ncnc(-c3ccccc3)n2)C1. The van der Waals surface area contributed by atoms with E-state index < -0.39 is 5.60 Å². The first-order chi connectivity index (χ1) is 11.9. The monoisotopic (exact) mass is 341 g/mol. The van der Waals surface area contributed by atoms with E-state index in [1.165, 1.54) is 6.33 Å². The van der Waals surface area contributed by atoms with Gasteiger partial charge in [-0.2, -0.15) is 4.98 Å². The third kappa shape index (κ3) is 4.65. The van der Waals surface area contributed by atoms with Gasteiger partial charge in [0.25, 0.3) is 0 Å². The molecule has 25 heavy (non-hydrogen) atoms. The Morgan fingerprint density at radius 2 is 2.00 bits per heavy atom. The topological polar surface area (TPSA) is 80.2 Å². The van der Waals surface area contributed by atoms with Crippen LogP contribution in [0.2, 0.25) is 0 Å². The number of benzene rings is 1. The van der Waals surface area contributed by atoms with Gasteiger partial charge in [0.05, 0.1) is 0 Å². The molecule has 1 aromatic carbocycles. The summed E-state index contributed by atoms with van der Waals surface area (Å²) in [5.41, 5.74) is 0.455. The van der Waals surface area contributed by atoms with Gasteiger partial charge in [-0.1, -0.05) is 30.3 Å². The van der Waals surface area contributed by atoms with Crippen molar-refractivity contribution in [3.8, 4) is 11.4 Å². The minimum Gasteiger partial charge on any atom is -0.444 e. The van der Waals surface area contributed by atoms with E-state index in [0.717, 1.165) is 12.0 Å². The number of hydrogen-bond acceptors (Lipinski definition) is 6. The lowest BCUT2D eigenvalue weighted by atomic mass is 10.2. The summed E-state index contributed by atoms with van der Waals surface area (Å²) < 4.78 is 5.42. The number of aromatic nitrogens is 3. The van der Waals surface area contributed by atoms with E-state index >= 15 is 0 Å². The van der Waals surface area contributed by atoms with Gasteiger partial charge in [-0.25, -0.2) is 14.8 Å². The first kappa shape index (κ1) is 17.1. The largest absolute Gasteiger partial charge is 0.444 e. The molecule has 7 nitrogen and oxygen atoms in total. The van der Waals surface area contributed by atoms with Gasteiger partial charge >= 0.3 is 6.09 Å². The molecule has 1 saturated heterocycles. The van der Waals surface area contributed by atoms with Crippen LogP contribution < -0.4 is 5.32 Å². The predicted octanol–water partition coefficient (Wildman–Crippen LogP) is 2.96. The molecule has 1 atom stereocenters. The van der Waals surface area contributed by atoms with Crippen molar-refractivity contribution in [3.05, 3.63) is 36.7 Å². The van der Waals surface area contributed by atoms with Gasteiger partial charge in [-0.3, -0.25) is 0 Å². The van der Waals surface area contributed by atoms with E-state index in [2.05, 4.69) is 20.3 Å². The van der Waals surface area contributed by atoms with Crippen molar-refractivity contribution in [2.45, 2.75) is 38.8 Å². The Labute approximate surface area is 147 Å². The van der Waals surface area contributed by atoms with Crippen LogP contribution in [0, 0.1) is 0 Å². The molecule has 7 heteroatoms. The van der Waals surface area contributed by atoms with E-state index in [-0.39, 0.29) is 12.1 Å². The third-order valence-electron chi connectivity index (χ3n) is 3.78. The molecule has 2 aromatic rings. The molecule has 1 N–H and O–H groups in total. The molecule has 1 unspecified atom stereocenters. The molecular formula is C18H23N5O2. The summed E-state index contributed by atoms with van der Waals surface area (Å²) in [5.74, 6) is 1.14. The van der Waals surface area contributed by atoms with Crippen LogP contribution in [0.3, 0.4) is 0 Å². The number of carbonyl (C=O) groups is 1. The lowest BCUT2D eigenvalue weighted by Crippen LogP contribution is -2.36. The number of ether oxygens (including phenoxy) is 1. The number of hydrogen-bond donors (Lipinski definition) is 1. The Hall–Kier alpha value is -2.70. The number of nitrogens with one attached hydrogen (secondary N) is 1. The fraction of sp³-hybridized carbons (Fsp3) is 0.444. The second-order valence-corrected chi connectivity index (χ2v) is 7.06. The standard InChI is InChI=1S/C18H23N5O2/c1-18(2,3)25-17(24)23-10-9-14(11-23)21-16-20-12-19-15(22-16)13-7-5-4-6-8-13/h4-8,12,14H,9-11H2,1-3H3,(H,19,20,21,22). The number of likely N-dealkylation sites (tertiary alicyclic amines) is 1. The fourth-order valence-electron chi connectivity index (χ4n) is 2.65. The summed E-state index contributed by atoms with van der Waals surface area (Å²) >= 11 is 0. The maximum Gasteiger partial charge on any atom is 0.410 e. The van der Waals surface area contributed by atoms with Crippen LogP contribution in [-0.2, 0) is 4.74 Å². The van der Waals surface area contributed by atoms with E-state index in [1.807, 2.05) is 51.1 Å². The van der Waals surface area contributed by atoms with Crippen molar-refractivity contribution >= 4 is 12.0 Å². The lowest BCUT2D eigenvalue weighted by molar-refractivity contribution is 0.0293. The molecule has 2 heterocycles. The molecule has 1 amide bonds. The first-order valence-electron chi connectivity index (χ1n) is 8.40. The zero-order valence-electron chi connectivity index (χ0n) is 14.8. The highest BCUT2D eigenvalue weighted by atomic mass is 16.6. The summed E-state index contributed by atoms with van der Waals surface area (Å²) in [4.78, 5) is 26.7. The van der Waals surface area contributed by atoms with Crippen LogP contribution in [0.4, 0.5) is 10.7 Å². The number of amides is 1. The van der Waals surface area contributed by atoms with Crippen LogP contribution in [0.5, 0.6) is 0 Å². The molecule has 1 aromatic heterocycles. The van der Waals surface area contributed by atoms with Crippen LogP contribution >= 0.6 is 0 Å². The van der Waals surface area contributed by atoms with E-state index in [9.17, 15) is 4.79 Å². The third-order valence-corrected chi connectivity index (χ3v) is 3.78. The Morgan fingerprint density at radius 1 is 1.24 bits per heavy atom. The zero-order chi connectivity index (χ0) is 17.9. The van der Waals surface area contributed by atoms with Crippen LogP contribution in [0.15, 0.2) is 36.7 Å². The summed E-state index contributed by atoms with van der Waals surface area (Å²) in [6, 6.07) is 9.86. The number of carbonyl (C=O) groups excluding carboxylic acids is 1.